The first-order valence-electron chi connectivity index (χ1n) is 8.02. The summed E-state index contributed by atoms with van der Waals surface area (Å²) in [4.78, 5) is 29.3. The molecule has 0 aliphatic heterocycles. The zero-order chi connectivity index (χ0) is 19.6. The number of esters is 1. The van der Waals surface area contributed by atoms with Crippen molar-refractivity contribution in [3.05, 3.63) is 51.7 Å². The number of nitrogens with one attached hydrogen (secondary N) is 1. The molecule has 0 saturated heterocycles. The molecule has 0 spiro atoms. The Morgan fingerprint density at radius 1 is 1.30 bits per heavy atom. The predicted molar refractivity (Wildman–Crippen MR) is 102 cm³/mol. The summed E-state index contributed by atoms with van der Waals surface area (Å²) in [6.45, 7) is 4.90. The molecule has 3 aromatic rings. The van der Waals surface area contributed by atoms with Crippen LogP contribution in [0.2, 0.25) is 5.02 Å². The van der Waals surface area contributed by atoms with E-state index in [2.05, 4.69) is 15.5 Å². The quantitative estimate of drug-likeness (QED) is 0.637. The highest BCUT2D eigenvalue weighted by molar-refractivity contribution is 7.17. The van der Waals surface area contributed by atoms with Crippen LogP contribution in [0.25, 0.3) is 10.6 Å². The van der Waals surface area contributed by atoms with Crippen LogP contribution in [-0.4, -0.2) is 28.1 Å². The van der Waals surface area contributed by atoms with Crippen molar-refractivity contribution < 1.29 is 18.8 Å². The first kappa shape index (κ1) is 19.1. The van der Waals surface area contributed by atoms with Crippen molar-refractivity contribution in [2.75, 3.05) is 5.32 Å². The smallest absolute Gasteiger partial charge is 0.351 e. The fourth-order valence-electron chi connectivity index (χ4n) is 2.25. The summed E-state index contributed by atoms with van der Waals surface area (Å²) >= 11 is 7.19. The van der Waals surface area contributed by atoms with Gasteiger partial charge in [0.1, 0.15) is 15.6 Å². The van der Waals surface area contributed by atoms with Crippen LogP contribution >= 0.6 is 22.9 Å². The molecule has 1 aromatic carbocycles. The molecule has 0 radical (unpaired) electrons. The molecule has 1 N–H and O–H groups in total. The van der Waals surface area contributed by atoms with Gasteiger partial charge in [-0.2, -0.15) is 0 Å². The summed E-state index contributed by atoms with van der Waals surface area (Å²) in [5, 5.41) is 7.42. The average molecular weight is 406 g/mol. The van der Waals surface area contributed by atoms with Crippen molar-refractivity contribution in [1.82, 2.24) is 10.1 Å². The normalized spacial score (nSPS) is 11.9. The van der Waals surface area contributed by atoms with Crippen LogP contribution in [0.4, 0.5) is 5.82 Å². The van der Waals surface area contributed by atoms with Gasteiger partial charge in [-0.05, 0) is 32.9 Å². The Morgan fingerprint density at radius 3 is 2.74 bits per heavy atom. The topological polar surface area (TPSA) is 94.3 Å². The minimum Gasteiger partial charge on any atom is -0.448 e. The minimum absolute atomic E-state index is 0.262. The van der Waals surface area contributed by atoms with Crippen LogP contribution in [0.5, 0.6) is 0 Å². The van der Waals surface area contributed by atoms with E-state index < -0.39 is 18.0 Å². The monoisotopic (exact) mass is 405 g/mol. The lowest BCUT2D eigenvalue weighted by molar-refractivity contribution is -0.123. The van der Waals surface area contributed by atoms with E-state index in [1.54, 1.807) is 32.0 Å². The van der Waals surface area contributed by atoms with Gasteiger partial charge in [-0.3, -0.25) is 4.79 Å². The summed E-state index contributed by atoms with van der Waals surface area (Å²) in [5.41, 5.74) is 1.33. The molecule has 2 heterocycles. The maximum Gasteiger partial charge on any atom is 0.351 e. The predicted octanol–water partition coefficient (Wildman–Crippen LogP) is 4.25. The standard InChI is InChI=1S/C18H16ClN3O4S/c1-9-7-14(22-26-9)21-16(23)11(3)25-18(24)15-10(2)20-17(27-15)12-5-4-6-13(19)8-12/h4-8,11H,1-3H3,(H,21,22,23)/t11-/m0/s1. The lowest BCUT2D eigenvalue weighted by Gasteiger charge is -2.11. The van der Waals surface area contributed by atoms with Gasteiger partial charge in [0, 0.05) is 16.7 Å². The zero-order valence-corrected chi connectivity index (χ0v) is 16.4. The third kappa shape index (κ3) is 4.53. The van der Waals surface area contributed by atoms with Gasteiger partial charge in [0.05, 0.1) is 5.69 Å². The second-order valence-electron chi connectivity index (χ2n) is 5.80. The van der Waals surface area contributed by atoms with Gasteiger partial charge in [0.15, 0.2) is 11.9 Å². The summed E-state index contributed by atoms with van der Waals surface area (Å²) in [5.74, 6) is -0.299. The van der Waals surface area contributed by atoms with E-state index in [9.17, 15) is 9.59 Å². The molecule has 2 aromatic heterocycles. The largest absolute Gasteiger partial charge is 0.448 e. The molecule has 0 unspecified atom stereocenters. The highest BCUT2D eigenvalue weighted by Crippen LogP contribution is 2.30. The van der Waals surface area contributed by atoms with Gasteiger partial charge < -0.3 is 14.6 Å². The minimum atomic E-state index is -1.01. The number of hydrogen-bond acceptors (Lipinski definition) is 7. The zero-order valence-electron chi connectivity index (χ0n) is 14.8. The van der Waals surface area contributed by atoms with Gasteiger partial charge in [0.2, 0.25) is 0 Å². The number of halogens is 1. The Hall–Kier alpha value is -2.71. The number of rotatable bonds is 5. The van der Waals surface area contributed by atoms with Crippen molar-refractivity contribution >= 4 is 40.6 Å². The molecule has 9 heteroatoms. The van der Waals surface area contributed by atoms with Crippen LogP contribution in [0, 0.1) is 13.8 Å². The molecule has 27 heavy (non-hydrogen) atoms. The number of carbonyl (C=O) groups excluding carboxylic acids is 2. The second kappa shape index (κ2) is 7.89. The number of amides is 1. The Bertz CT molecular complexity index is 998. The van der Waals surface area contributed by atoms with E-state index in [1.165, 1.54) is 18.3 Å². The van der Waals surface area contributed by atoms with E-state index in [0.29, 0.717) is 26.4 Å². The number of hydrogen-bond donors (Lipinski definition) is 1. The summed E-state index contributed by atoms with van der Waals surface area (Å²) in [6.07, 6.45) is -1.01. The van der Waals surface area contributed by atoms with Gasteiger partial charge in [0.25, 0.3) is 5.91 Å². The third-order valence-corrected chi connectivity index (χ3v) is 5.01. The van der Waals surface area contributed by atoms with Crippen molar-refractivity contribution in [2.24, 2.45) is 0 Å². The van der Waals surface area contributed by atoms with Crippen LogP contribution in [0.15, 0.2) is 34.9 Å². The lowest BCUT2D eigenvalue weighted by atomic mass is 10.2. The van der Waals surface area contributed by atoms with Crippen LogP contribution in [0.1, 0.15) is 28.0 Å². The number of carbonyl (C=O) groups is 2. The first-order chi connectivity index (χ1) is 12.8. The molecule has 0 bridgehead atoms. The highest BCUT2D eigenvalue weighted by Gasteiger charge is 2.23. The molecule has 0 aliphatic rings. The molecule has 7 nitrogen and oxygen atoms in total. The van der Waals surface area contributed by atoms with Crippen molar-refractivity contribution in [2.45, 2.75) is 26.9 Å². The van der Waals surface area contributed by atoms with Gasteiger partial charge >= 0.3 is 5.97 Å². The summed E-state index contributed by atoms with van der Waals surface area (Å²) in [7, 11) is 0. The molecule has 140 valence electrons. The number of nitrogens with zero attached hydrogens (tertiary/aromatic N) is 2. The number of benzene rings is 1. The van der Waals surface area contributed by atoms with Crippen LogP contribution < -0.4 is 5.32 Å². The molecule has 1 atom stereocenters. The lowest BCUT2D eigenvalue weighted by Crippen LogP contribution is -2.30. The fourth-order valence-corrected chi connectivity index (χ4v) is 3.39. The number of aromatic nitrogens is 2. The van der Waals surface area contributed by atoms with Crippen molar-refractivity contribution in [3.8, 4) is 10.6 Å². The number of aryl methyl sites for hydroxylation is 2. The molecular weight excluding hydrogens is 390 g/mol. The molecule has 1 amide bonds. The SMILES string of the molecule is Cc1cc(NC(=O)[C@H](C)OC(=O)c2sc(-c3cccc(Cl)c3)nc2C)no1. The third-order valence-electron chi connectivity index (χ3n) is 3.59. The molecule has 3 rings (SSSR count). The van der Waals surface area contributed by atoms with E-state index in [1.807, 2.05) is 12.1 Å². The van der Waals surface area contributed by atoms with Gasteiger partial charge in [-0.15, -0.1) is 11.3 Å². The number of ether oxygens (including phenoxy) is 1. The molecule has 0 aliphatic carbocycles. The van der Waals surface area contributed by atoms with Crippen molar-refractivity contribution in [1.29, 1.82) is 0 Å². The highest BCUT2D eigenvalue weighted by atomic mass is 35.5. The maximum absolute atomic E-state index is 12.5. The fraction of sp³-hybridized carbons (Fsp3) is 0.222. The Morgan fingerprint density at radius 2 is 2.07 bits per heavy atom. The van der Waals surface area contributed by atoms with Gasteiger partial charge in [-0.1, -0.05) is 28.9 Å². The van der Waals surface area contributed by atoms with Crippen molar-refractivity contribution in [3.63, 3.8) is 0 Å². The molecule has 0 fully saturated rings. The second-order valence-corrected chi connectivity index (χ2v) is 7.24. The summed E-state index contributed by atoms with van der Waals surface area (Å²) < 4.78 is 10.1. The molecular formula is C18H16ClN3O4S. The van der Waals surface area contributed by atoms with E-state index in [-0.39, 0.29) is 5.82 Å². The van der Waals surface area contributed by atoms with Crippen LogP contribution in [-0.2, 0) is 9.53 Å². The Kier molecular flexibility index (Phi) is 5.57. The maximum atomic E-state index is 12.5. The number of thiazole rings is 1. The Labute approximate surface area is 164 Å². The molecule has 0 saturated carbocycles. The van der Waals surface area contributed by atoms with Crippen LogP contribution in [0.3, 0.4) is 0 Å². The van der Waals surface area contributed by atoms with Gasteiger partial charge in [-0.25, -0.2) is 9.78 Å². The average Bonchev–Trinajstić information content (AvgIpc) is 3.20. The van der Waals surface area contributed by atoms with E-state index >= 15 is 0 Å². The Balaban J connectivity index is 1.69. The first-order valence-corrected chi connectivity index (χ1v) is 9.21. The summed E-state index contributed by atoms with van der Waals surface area (Å²) in [6, 6.07) is 8.76. The van der Waals surface area contributed by atoms with E-state index in [4.69, 9.17) is 20.9 Å². The van der Waals surface area contributed by atoms with E-state index in [0.717, 1.165) is 5.56 Å². The number of anilines is 1.